The fourth-order valence-electron chi connectivity index (χ4n) is 6.31. The molecule has 10 nitrogen and oxygen atoms in total. The van der Waals surface area contributed by atoms with Crippen molar-refractivity contribution in [2.24, 2.45) is 0 Å². The lowest BCUT2D eigenvalue weighted by Gasteiger charge is -2.38. The molecule has 0 radical (unpaired) electrons. The quantitative estimate of drug-likeness (QED) is 0.332. The largest absolute Gasteiger partial charge is 0.493 e. The van der Waals surface area contributed by atoms with Crippen molar-refractivity contribution in [3.05, 3.63) is 80.5 Å². The topological polar surface area (TPSA) is 126 Å². The molecule has 1 heterocycles. The highest BCUT2D eigenvalue weighted by molar-refractivity contribution is 6.30. The Bertz CT molecular complexity index is 1650. The van der Waals surface area contributed by atoms with Gasteiger partial charge in [-0.25, -0.2) is 0 Å². The summed E-state index contributed by atoms with van der Waals surface area (Å²) in [5.74, 6) is 1.00. The van der Waals surface area contributed by atoms with Gasteiger partial charge in [0.25, 0.3) is 0 Å². The second-order valence-electron chi connectivity index (χ2n) is 11.4. The number of hydrogen-bond donors (Lipinski definition) is 3. The predicted octanol–water partition coefficient (Wildman–Crippen LogP) is 4.44. The van der Waals surface area contributed by atoms with Crippen LogP contribution in [0, 0.1) is 0 Å². The lowest BCUT2D eigenvalue weighted by atomic mass is 9.84. The van der Waals surface area contributed by atoms with E-state index in [9.17, 15) is 19.5 Å². The smallest absolute Gasteiger partial charge is 0.241 e. The number of piperidine rings is 1. The number of likely N-dealkylation sites (tertiary alicyclic amines) is 1. The highest BCUT2D eigenvalue weighted by atomic mass is 35.5. The average Bonchev–Trinajstić information content (AvgIpc) is 3.27. The fourth-order valence-corrected chi connectivity index (χ4v) is 6.44. The van der Waals surface area contributed by atoms with E-state index in [1.807, 2.05) is 24.3 Å². The summed E-state index contributed by atoms with van der Waals surface area (Å²) in [6.07, 6.45) is 1.91. The van der Waals surface area contributed by atoms with E-state index >= 15 is 0 Å². The number of carbonyl (C=O) groups excluding carboxylic acids is 2. The van der Waals surface area contributed by atoms with Crippen LogP contribution in [0.3, 0.4) is 0 Å². The van der Waals surface area contributed by atoms with Gasteiger partial charge in [-0.3, -0.25) is 14.4 Å². The number of anilines is 1. The number of benzene rings is 2. The molecule has 1 atom stereocenters. The summed E-state index contributed by atoms with van der Waals surface area (Å²) in [5.41, 5.74) is 2.67. The Labute approximate surface area is 267 Å². The van der Waals surface area contributed by atoms with Crippen LogP contribution in [-0.2, 0) is 21.6 Å². The first-order chi connectivity index (χ1) is 21.6. The second-order valence-corrected chi connectivity index (χ2v) is 11.8. The highest BCUT2D eigenvalue weighted by Crippen LogP contribution is 2.50. The third-order valence-corrected chi connectivity index (χ3v) is 8.92. The average molecular weight is 636 g/mol. The van der Waals surface area contributed by atoms with E-state index < -0.39 is 11.6 Å². The Morgan fingerprint density at radius 1 is 1.00 bits per heavy atom. The Balaban J connectivity index is 1.42. The molecule has 1 saturated heterocycles. The van der Waals surface area contributed by atoms with Crippen LogP contribution < -0.4 is 30.3 Å². The van der Waals surface area contributed by atoms with Crippen molar-refractivity contribution in [2.75, 3.05) is 46.3 Å². The maximum Gasteiger partial charge on any atom is 0.241 e. The van der Waals surface area contributed by atoms with Gasteiger partial charge in [-0.05, 0) is 78.3 Å². The summed E-state index contributed by atoms with van der Waals surface area (Å²) < 4.78 is 17.1. The zero-order valence-corrected chi connectivity index (χ0v) is 26.6. The van der Waals surface area contributed by atoms with Gasteiger partial charge >= 0.3 is 0 Å². The molecule has 238 valence electrons. The number of ether oxygens (including phenoxy) is 3. The van der Waals surface area contributed by atoms with Crippen LogP contribution >= 0.6 is 11.6 Å². The van der Waals surface area contributed by atoms with Crippen LogP contribution in [-0.4, -0.2) is 62.8 Å². The molecule has 2 aliphatic rings. The summed E-state index contributed by atoms with van der Waals surface area (Å²) in [6.45, 7) is 2.10. The molecule has 0 spiro atoms. The van der Waals surface area contributed by atoms with E-state index in [0.717, 1.165) is 16.7 Å². The van der Waals surface area contributed by atoms with Gasteiger partial charge in [0.1, 0.15) is 0 Å². The van der Waals surface area contributed by atoms with E-state index in [4.69, 9.17) is 25.8 Å². The SMILES string of the molecule is COc1cc2c(c(OC)c1OC)-c1ccc(NCC(=O)N3CCC(O)(c4ccc(Cl)cc4)CC3)c(=O)cc1C(NC(C)=O)CC2. The van der Waals surface area contributed by atoms with Crippen molar-refractivity contribution in [3.63, 3.8) is 0 Å². The third-order valence-electron chi connectivity index (χ3n) is 8.67. The van der Waals surface area contributed by atoms with Crippen molar-refractivity contribution >= 4 is 29.1 Å². The number of amides is 2. The number of hydrogen-bond acceptors (Lipinski definition) is 8. The molecular formula is C34H38ClN3O7. The van der Waals surface area contributed by atoms with Gasteiger partial charge in [-0.15, -0.1) is 0 Å². The Morgan fingerprint density at radius 2 is 1.69 bits per heavy atom. The fraction of sp³-hybridized carbons (Fsp3) is 0.382. The zero-order chi connectivity index (χ0) is 32.3. The summed E-state index contributed by atoms with van der Waals surface area (Å²) in [5, 5.41) is 17.8. The Kier molecular flexibility index (Phi) is 9.55. The molecule has 1 fully saturated rings. The minimum Gasteiger partial charge on any atom is -0.493 e. The molecule has 3 aromatic carbocycles. The molecular weight excluding hydrogens is 598 g/mol. The summed E-state index contributed by atoms with van der Waals surface area (Å²) in [4.78, 5) is 40.6. The molecule has 3 N–H and O–H groups in total. The van der Waals surface area contributed by atoms with Crippen LogP contribution in [0.4, 0.5) is 5.69 Å². The highest BCUT2D eigenvalue weighted by Gasteiger charge is 2.35. The number of nitrogens with one attached hydrogen (secondary N) is 2. The van der Waals surface area contributed by atoms with Gasteiger partial charge in [0, 0.05) is 30.6 Å². The van der Waals surface area contributed by atoms with Gasteiger partial charge in [-0.1, -0.05) is 29.8 Å². The van der Waals surface area contributed by atoms with Crippen molar-refractivity contribution in [1.82, 2.24) is 10.2 Å². The number of aryl methyl sites for hydroxylation is 1. The van der Waals surface area contributed by atoms with E-state index in [-0.39, 0.29) is 29.5 Å². The molecule has 1 aliphatic heterocycles. The molecule has 45 heavy (non-hydrogen) atoms. The van der Waals surface area contributed by atoms with Crippen LogP contribution in [0.5, 0.6) is 17.2 Å². The number of carbonyl (C=O) groups is 2. The Hall–Kier alpha value is -4.28. The second kappa shape index (κ2) is 13.4. The summed E-state index contributed by atoms with van der Waals surface area (Å²) in [6, 6.07) is 13.6. The molecule has 1 aliphatic carbocycles. The monoisotopic (exact) mass is 635 g/mol. The summed E-state index contributed by atoms with van der Waals surface area (Å²) >= 11 is 6.00. The van der Waals surface area contributed by atoms with Crippen molar-refractivity contribution < 1.29 is 28.9 Å². The standard InChI is InChI=1S/C34H38ClN3O7/c1-20(39)37-26-11-5-21-17-29(43-2)32(44-3)33(45-4)31(21)24-10-12-27(28(40)18-25(24)26)36-19-30(41)38-15-13-34(42,14-16-38)22-6-8-23(35)9-7-22/h6-10,12,17-18,26,42H,5,11,13-16,19H2,1-4H3,(H,36,40)(H,37,39). The molecule has 3 aromatic rings. The van der Waals surface area contributed by atoms with E-state index in [2.05, 4.69) is 10.6 Å². The maximum absolute atomic E-state index is 13.6. The van der Waals surface area contributed by atoms with E-state index in [1.165, 1.54) is 20.1 Å². The van der Waals surface area contributed by atoms with Crippen LogP contribution in [0.1, 0.15) is 48.9 Å². The van der Waals surface area contributed by atoms with Crippen LogP contribution in [0.15, 0.2) is 53.3 Å². The number of aliphatic hydroxyl groups is 1. The zero-order valence-electron chi connectivity index (χ0n) is 25.9. The van der Waals surface area contributed by atoms with Crippen LogP contribution in [0.25, 0.3) is 11.1 Å². The van der Waals surface area contributed by atoms with Gasteiger partial charge in [0.15, 0.2) is 11.5 Å². The molecule has 0 aromatic heterocycles. The Morgan fingerprint density at radius 3 is 2.31 bits per heavy atom. The van der Waals surface area contributed by atoms with Crippen molar-refractivity contribution in [2.45, 2.75) is 44.2 Å². The first kappa shape index (κ1) is 32.1. The molecule has 11 heteroatoms. The number of rotatable bonds is 8. The first-order valence-corrected chi connectivity index (χ1v) is 15.2. The number of nitrogens with zero attached hydrogens (tertiary/aromatic N) is 1. The van der Waals surface area contributed by atoms with Gasteiger partial charge in [0.05, 0.1) is 45.2 Å². The molecule has 2 amide bonds. The number of fused-ring (bicyclic) bond motifs is 3. The lowest BCUT2D eigenvalue weighted by molar-refractivity contribution is -0.133. The molecule has 5 rings (SSSR count). The predicted molar refractivity (Wildman–Crippen MR) is 172 cm³/mol. The minimum absolute atomic E-state index is 0.0939. The minimum atomic E-state index is -1.03. The maximum atomic E-state index is 13.6. The van der Waals surface area contributed by atoms with E-state index in [0.29, 0.717) is 72.2 Å². The number of halogens is 1. The first-order valence-electron chi connectivity index (χ1n) is 14.9. The van der Waals surface area contributed by atoms with Gasteiger partial charge < -0.3 is 34.9 Å². The molecule has 1 unspecified atom stereocenters. The van der Waals surface area contributed by atoms with Crippen molar-refractivity contribution in [3.8, 4) is 28.4 Å². The normalized spacial score (nSPS) is 16.8. The summed E-state index contributed by atoms with van der Waals surface area (Å²) in [7, 11) is 4.64. The molecule has 0 bridgehead atoms. The third kappa shape index (κ3) is 6.57. The van der Waals surface area contributed by atoms with Crippen molar-refractivity contribution in [1.29, 1.82) is 0 Å². The molecule has 0 saturated carbocycles. The number of methoxy groups -OCH3 is 3. The lowest BCUT2D eigenvalue weighted by Crippen LogP contribution is -2.46. The van der Waals surface area contributed by atoms with Gasteiger partial charge in [0.2, 0.25) is 23.0 Å². The van der Waals surface area contributed by atoms with E-state index in [1.54, 1.807) is 37.3 Å². The van der Waals surface area contributed by atoms with Crippen LogP contribution in [0.2, 0.25) is 5.02 Å². The van der Waals surface area contributed by atoms with Gasteiger partial charge in [-0.2, -0.15) is 0 Å².